The third-order valence-corrected chi connectivity index (χ3v) is 3.48. The van der Waals surface area contributed by atoms with E-state index in [1.165, 1.54) is 0 Å². The topological polar surface area (TPSA) is 48.7 Å². The van der Waals surface area contributed by atoms with Gasteiger partial charge in [0.15, 0.2) is 0 Å². The fourth-order valence-corrected chi connectivity index (χ4v) is 2.24. The molecule has 0 bridgehead atoms. The highest BCUT2D eigenvalue weighted by Gasteiger charge is 2.18. The van der Waals surface area contributed by atoms with Crippen LogP contribution in [0.5, 0.6) is 0 Å². The van der Waals surface area contributed by atoms with Crippen molar-refractivity contribution < 1.29 is 9.47 Å². The highest BCUT2D eigenvalue weighted by atomic mass is 32.1. The van der Waals surface area contributed by atoms with E-state index in [-0.39, 0.29) is 0 Å². The monoisotopic (exact) mass is 267 g/mol. The maximum Gasteiger partial charge on any atom is 0.121 e. The molecular weight excluding hydrogens is 250 g/mol. The SMILES string of the molecule is N#C/C(=C/N1CCOCC1)C(=S)N1CCOCC1. The van der Waals surface area contributed by atoms with Crippen LogP contribution in [0.15, 0.2) is 11.8 Å². The van der Waals surface area contributed by atoms with Crippen molar-refractivity contribution in [2.45, 2.75) is 0 Å². The molecule has 0 amide bonds. The number of ether oxygens (including phenoxy) is 2. The van der Waals surface area contributed by atoms with Gasteiger partial charge in [-0.2, -0.15) is 5.26 Å². The van der Waals surface area contributed by atoms with Gasteiger partial charge < -0.3 is 19.3 Å². The fraction of sp³-hybridized carbons (Fsp3) is 0.667. The number of thiocarbonyl (C=S) groups is 1. The summed E-state index contributed by atoms with van der Waals surface area (Å²) in [4.78, 5) is 4.76. The quantitative estimate of drug-likeness (QED) is 0.410. The minimum Gasteiger partial charge on any atom is -0.378 e. The summed E-state index contributed by atoms with van der Waals surface area (Å²) in [5.74, 6) is 0. The highest BCUT2D eigenvalue weighted by molar-refractivity contribution is 7.80. The molecular formula is C12H17N3O2S. The molecule has 2 rings (SSSR count). The van der Waals surface area contributed by atoms with E-state index in [1.807, 2.05) is 11.1 Å². The molecule has 2 fully saturated rings. The smallest absolute Gasteiger partial charge is 0.121 e. The second-order valence-corrected chi connectivity index (χ2v) is 4.59. The highest BCUT2D eigenvalue weighted by Crippen LogP contribution is 2.09. The summed E-state index contributed by atoms with van der Waals surface area (Å²) in [6.07, 6.45) is 1.86. The van der Waals surface area contributed by atoms with Crippen LogP contribution in [0.25, 0.3) is 0 Å². The summed E-state index contributed by atoms with van der Waals surface area (Å²) in [6, 6.07) is 2.20. The average molecular weight is 267 g/mol. The van der Waals surface area contributed by atoms with Gasteiger partial charge in [-0.05, 0) is 0 Å². The molecule has 0 aromatic heterocycles. The van der Waals surface area contributed by atoms with Crippen LogP contribution >= 0.6 is 12.2 Å². The minimum atomic E-state index is 0.564. The van der Waals surface area contributed by atoms with Crippen LogP contribution in [0.3, 0.4) is 0 Å². The van der Waals surface area contributed by atoms with Crippen LogP contribution in [0, 0.1) is 11.3 Å². The summed E-state index contributed by atoms with van der Waals surface area (Å²) in [7, 11) is 0. The first kappa shape index (κ1) is 13.3. The zero-order chi connectivity index (χ0) is 12.8. The van der Waals surface area contributed by atoms with Crippen molar-refractivity contribution in [1.82, 2.24) is 9.80 Å². The van der Waals surface area contributed by atoms with Gasteiger partial charge in [0.05, 0.1) is 26.4 Å². The minimum absolute atomic E-state index is 0.564. The Morgan fingerprint density at radius 1 is 1.06 bits per heavy atom. The van der Waals surface area contributed by atoms with Gasteiger partial charge in [0.2, 0.25) is 0 Å². The molecule has 98 valence electrons. The molecule has 0 spiro atoms. The number of hydrogen-bond donors (Lipinski definition) is 0. The molecule has 2 saturated heterocycles. The average Bonchev–Trinajstić information content (AvgIpc) is 2.46. The second kappa shape index (κ2) is 6.69. The van der Waals surface area contributed by atoms with Gasteiger partial charge >= 0.3 is 0 Å². The Kier molecular flexibility index (Phi) is 4.93. The zero-order valence-corrected chi connectivity index (χ0v) is 11.1. The number of hydrogen-bond acceptors (Lipinski definition) is 5. The first-order chi connectivity index (χ1) is 8.81. The summed E-state index contributed by atoms with van der Waals surface area (Å²) < 4.78 is 10.6. The lowest BCUT2D eigenvalue weighted by atomic mass is 10.2. The van der Waals surface area contributed by atoms with E-state index in [0.29, 0.717) is 37.0 Å². The van der Waals surface area contributed by atoms with Crippen LogP contribution in [-0.2, 0) is 9.47 Å². The molecule has 0 N–H and O–H groups in total. The standard InChI is InChI=1S/C12H17N3O2S/c13-9-11(10-14-1-5-16-6-2-14)12(18)15-3-7-17-8-4-15/h10H,1-8H2/b11-10-. The molecule has 0 aromatic carbocycles. The Hall–Kier alpha value is -1.16. The van der Waals surface area contributed by atoms with Gasteiger partial charge in [-0.15, -0.1) is 0 Å². The van der Waals surface area contributed by atoms with E-state index in [0.717, 1.165) is 26.2 Å². The van der Waals surface area contributed by atoms with Crippen LogP contribution in [0.1, 0.15) is 0 Å². The molecule has 18 heavy (non-hydrogen) atoms. The van der Waals surface area contributed by atoms with E-state index in [1.54, 1.807) is 0 Å². The van der Waals surface area contributed by atoms with Crippen LogP contribution in [0.4, 0.5) is 0 Å². The van der Waals surface area contributed by atoms with Crippen LogP contribution < -0.4 is 0 Å². The maximum atomic E-state index is 9.24. The summed E-state index contributed by atoms with van der Waals surface area (Å²) in [5, 5.41) is 9.24. The van der Waals surface area contributed by atoms with Crippen molar-refractivity contribution in [2.24, 2.45) is 0 Å². The summed E-state index contributed by atoms with van der Waals surface area (Å²) in [6.45, 7) is 5.93. The lowest BCUT2D eigenvalue weighted by molar-refractivity contribution is 0.0590. The van der Waals surface area contributed by atoms with Crippen molar-refractivity contribution >= 4 is 17.2 Å². The van der Waals surface area contributed by atoms with E-state index >= 15 is 0 Å². The maximum absolute atomic E-state index is 9.24. The van der Waals surface area contributed by atoms with E-state index < -0.39 is 0 Å². The van der Waals surface area contributed by atoms with E-state index in [4.69, 9.17) is 21.7 Å². The van der Waals surface area contributed by atoms with Crippen molar-refractivity contribution in [3.05, 3.63) is 11.8 Å². The summed E-state index contributed by atoms with van der Waals surface area (Å²) >= 11 is 5.38. The van der Waals surface area contributed by atoms with E-state index in [9.17, 15) is 5.26 Å². The van der Waals surface area contributed by atoms with Crippen LogP contribution in [-0.4, -0.2) is 67.4 Å². The lowest BCUT2D eigenvalue weighted by Gasteiger charge is -2.30. The van der Waals surface area contributed by atoms with Gasteiger partial charge in [-0.3, -0.25) is 0 Å². The third-order valence-electron chi connectivity index (χ3n) is 3.01. The number of nitriles is 1. The normalized spacial score (nSPS) is 21.6. The zero-order valence-electron chi connectivity index (χ0n) is 10.3. The van der Waals surface area contributed by atoms with Crippen molar-refractivity contribution in [3.63, 3.8) is 0 Å². The summed E-state index contributed by atoms with van der Waals surface area (Å²) in [5.41, 5.74) is 0.564. The van der Waals surface area contributed by atoms with Gasteiger partial charge in [-0.25, -0.2) is 0 Å². The Morgan fingerprint density at radius 2 is 1.61 bits per heavy atom. The van der Waals surface area contributed by atoms with Crippen molar-refractivity contribution in [2.75, 3.05) is 52.6 Å². The van der Waals surface area contributed by atoms with Crippen molar-refractivity contribution in [3.8, 4) is 6.07 Å². The largest absolute Gasteiger partial charge is 0.378 e. The van der Waals surface area contributed by atoms with E-state index in [2.05, 4.69) is 11.0 Å². The predicted octanol–water partition coefficient (Wildman–Crippen LogP) is 0.386. The molecule has 5 nitrogen and oxygen atoms in total. The van der Waals surface area contributed by atoms with Crippen molar-refractivity contribution in [1.29, 1.82) is 5.26 Å². The van der Waals surface area contributed by atoms with Gasteiger partial charge in [-0.1, -0.05) is 12.2 Å². The Labute approximate surface area is 113 Å². The third kappa shape index (κ3) is 3.42. The van der Waals surface area contributed by atoms with Gasteiger partial charge in [0, 0.05) is 32.4 Å². The Balaban J connectivity index is 2.00. The van der Waals surface area contributed by atoms with Crippen LogP contribution in [0.2, 0.25) is 0 Å². The molecule has 2 heterocycles. The molecule has 2 aliphatic rings. The molecule has 0 saturated carbocycles. The molecule has 0 atom stereocenters. The first-order valence-electron chi connectivity index (χ1n) is 6.12. The Bertz CT molecular complexity index is 366. The molecule has 0 radical (unpaired) electrons. The molecule has 0 aromatic rings. The molecule has 2 aliphatic heterocycles. The molecule has 0 aliphatic carbocycles. The second-order valence-electron chi connectivity index (χ2n) is 4.21. The predicted molar refractivity (Wildman–Crippen MR) is 71.1 cm³/mol. The van der Waals surface area contributed by atoms with Gasteiger partial charge in [0.25, 0.3) is 0 Å². The fourth-order valence-electron chi connectivity index (χ4n) is 1.96. The molecule has 6 heteroatoms. The number of nitrogens with zero attached hydrogens (tertiary/aromatic N) is 3. The molecule has 0 unspecified atom stereocenters. The lowest BCUT2D eigenvalue weighted by Crippen LogP contribution is -2.41. The number of morpholine rings is 2. The van der Waals surface area contributed by atoms with Gasteiger partial charge in [0.1, 0.15) is 16.6 Å². The Morgan fingerprint density at radius 3 is 2.17 bits per heavy atom. The number of rotatable bonds is 2. The first-order valence-corrected chi connectivity index (χ1v) is 6.53.